The van der Waals surface area contributed by atoms with Gasteiger partial charge in [-0.15, -0.1) is 0 Å². The zero-order valence-electron chi connectivity index (χ0n) is 14.2. The van der Waals surface area contributed by atoms with Gasteiger partial charge in [-0.2, -0.15) is 0 Å². The Morgan fingerprint density at radius 3 is 2.25 bits per heavy atom. The summed E-state index contributed by atoms with van der Waals surface area (Å²) in [5, 5.41) is 3.34. The summed E-state index contributed by atoms with van der Waals surface area (Å²) in [5.41, 5.74) is 2.84. The highest BCUT2D eigenvalue weighted by Gasteiger charge is 2.37. The SMILES string of the molecule is CCOP(=O)(OCC)C(Nc1ccc(C)cc1Br)c1ccccc1. The van der Waals surface area contributed by atoms with Crippen LogP contribution in [0.5, 0.6) is 0 Å². The van der Waals surface area contributed by atoms with Crippen molar-refractivity contribution in [2.45, 2.75) is 26.6 Å². The second-order valence-electron chi connectivity index (χ2n) is 5.32. The Kier molecular flexibility index (Phi) is 7.05. The molecule has 2 rings (SSSR count). The summed E-state index contributed by atoms with van der Waals surface area (Å²) in [7, 11) is -3.38. The highest BCUT2D eigenvalue weighted by Crippen LogP contribution is 2.61. The van der Waals surface area contributed by atoms with E-state index in [1.54, 1.807) is 0 Å². The van der Waals surface area contributed by atoms with Crippen LogP contribution >= 0.6 is 23.5 Å². The monoisotopic (exact) mass is 411 g/mol. The topological polar surface area (TPSA) is 47.6 Å². The van der Waals surface area contributed by atoms with E-state index in [2.05, 4.69) is 21.2 Å². The molecule has 0 saturated carbocycles. The van der Waals surface area contributed by atoms with Gasteiger partial charge in [0, 0.05) is 10.2 Å². The van der Waals surface area contributed by atoms with Crippen molar-refractivity contribution in [3.8, 4) is 0 Å². The van der Waals surface area contributed by atoms with Crippen LogP contribution in [0.15, 0.2) is 53.0 Å². The molecule has 0 aliphatic heterocycles. The molecule has 6 heteroatoms. The highest BCUT2D eigenvalue weighted by atomic mass is 79.9. The number of hydrogen-bond donors (Lipinski definition) is 1. The molecular weight excluding hydrogens is 389 g/mol. The molecule has 0 aliphatic rings. The maximum Gasteiger partial charge on any atom is 0.357 e. The van der Waals surface area contributed by atoms with Crippen molar-refractivity contribution in [2.24, 2.45) is 0 Å². The third-order valence-electron chi connectivity index (χ3n) is 3.47. The van der Waals surface area contributed by atoms with Crippen LogP contribution in [0.4, 0.5) is 5.69 Å². The van der Waals surface area contributed by atoms with Crippen molar-refractivity contribution in [2.75, 3.05) is 18.5 Å². The molecule has 0 amide bonds. The average Bonchev–Trinajstić information content (AvgIpc) is 2.55. The lowest BCUT2D eigenvalue weighted by molar-refractivity contribution is 0.214. The van der Waals surface area contributed by atoms with Crippen LogP contribution < -0.4 is 5.32 Å². The minimum Gasteiger partial charge on any atom is -0.367 e. The summed E-state index contributed by atoms with van der Waals surface area (Å²) in [6, 6.07) is 15.6. The van der Waals surface area contributed by atoms with E-state index in [0.29, 0.717) is 13.2 Å². The minimum absolute atomic E-state index is 0.317. The molecule has 0 aromatic heterocycles. The van der Waals surface area contributed by atoms with E-state index in [1.165, 1.54) is 0 Å². The Balaban J connectivity index is 2.44. The standard InChI is InChI=1S/C18H23BrNO3P/c1-4-22-24(21,23-5-2)18(15-9-7-6-8-10-15)20-17-12-11-14(3)13-16(17)19/h6-13,18,20H,4-5H2,1-3H3. The lowest BCUT2D eigenvalue weighted by Gasteiger charge is -2.28. The van der Waals surface area contributed by atoms with Crippen LogP contribution in [0.1, 0.15) is 30.8 Å². The van der Waals surface area contributed by atoms with Crippen molar-refractivity contribution >= 4 is 29.2 Å². The van der Waals surface area contributed by atoms with Gasteiger partial charge in [0.05, 0.1) is 13.2 Å². The van der Waals surface area contributed by atoms with E-state index < -0.39 is 13.4 Å². The van der Waals surface area contributed by atoms with E-state index >= 15 is 0 Å². The Hall–Kier alpha value is -1.13. The van der Waals surface area contributed by atoms with Gasteiger partial charge in [0.25, 0.3) is 0 Å². The highest BCUT2D eigenvalue weighted by molar-refractivity contribution is 9.10. The molecule has 1 N–H and O–H groups in total. The Bertz CT molecular complexity index is 699. The molecule has 4 nitrogen and oxygen atoms in total. The first-order valence-electron chi connectivity index (χ1n) is 7.96. The molecule has 2 aromatic rings. The van der Waals surface area contributed by atoms with E-state index in [-0.39, 0.29) is 0 Å². The number of aryl methyl sites for hydroxylation is 1. The molecule has 0 saturated heterocycles. The third kappa shape index (κ3) is 4.70. The van der Waals surface area contributed by atoms with E-state index in [1.807, 2.05) is 69.3 Å². The van der Waals surface area contributed by atoms with Gasteiger partial charge in [-0.25, -0.2) is 0 Å². The number of hydrogen-bond acceptors (Lipinski definition) is 4. The molecule has 0 bridgehead atoms. The average molecular weight is 412 g/mol. The van der Waals surface area contributed by atoms with Crippen molar-refractivity contribution < 1.29 is 13.6 Å². The number of anilines is 1. The quantitative estimate of drug-likeness (QED) is 0.530. The first-order chi connectivity index (χ1) is 11.5. The zero-order valence-corrected chi connectivity index (χ0v) is 16.6. The van der Waals surface area contributed by atoms with Crippen LogP contribution in [0.25, 0.3) is 0 Å². The summed E-state index contributed by atoms with van der Waals surface area (Å²) in [4.78, 5) is 0. The maximum atomic E-state index is 13.4. The second-order valence-corrected chi connectivity index (χ2v) is 8.28. The molecule has 2 aromatic carbocycles. The summed E-state index contributed by atoms with van der Waals surface area (Å²) < 4.78 is 25.4. The van der Waals surface area contributed by atoms with Crippen LogP contribution in [-0.4, -0.2) is 13.2 Å². The third-order valence-corrected chi connectivity index (χ3v) is 6.42. The van der Waals surface area contributed by atoms with Crippen molar-refractivity contribution in [3.63, 3.8) is 0 Å². The van der Waals surface area contributed by atoms with Gasteiger partial charge >= 0.3 is 7.60 Å². The predicted molar refractivity (Wildman–Crippen MR) is 103 cm³/mol. The Morgan fingerprint density at radius 1 is 1.08 bits per heavy atom. The first-order valence-corrected chi connectivity index (χ1v) is 10.4. The van der Waals surface area contributed by atoms with Crippen molar-refractivity contribution in [1.29, 1.82) is 0 Å². The van der Waals surface area contributed by atoms with E-state index in [9.17, 15) is 4.57 Å². The fourth-order valence-electron chi connectivity index (χ4n) is 2.41. The largest absolute Gasteiger partial charge is 0.367 e. The smallest absolute Gasteiger partial charge is 0.357 e. The molecule has 0 fully saturated rings. The molecule has 0 aliphatic carbocycles. The summed E-state index contributed by atoms with van der Waals surface area (Å²) in [6.45, 7) is 6.29. The van der Waals surface area contributed by atoms with Crippen LogP contribution in [0.3, 0.4) is 0 Å². The van der Waals surface area contributed by atoms with Crippen molar-refractivity contribution in [1.82, 2.24) is 0 Å². The van der Waals surface area contributed by atoms with Gasteiger partial charge in [-0.05, 0) is 60.0 Å². The fraction of sp³-hybridized carbons (Fsp3) is 0.333. The van der Waals surface area contributed by atoms with Crippen LogP contribution in [0, 0.1) is 6.92 Å². The maximum absolute atomic E-state index is 13.4. The molecular formula is C18H23BrNO3P. The summed E-state index contributed by atoms with van der Waals surface area (Å²) >= 11 is 3.56. The fourth-order valence-corrected chi connectivity index (χ4v) is 4.95. The predicted octanol–water partition coefficient (Wildman–Crippen LogP) is 6.13. The van der Waals surface area contributed by atoms with E-state index in [0.717, 1.165) is 21.3 Å². The van der Waals surface area contributed by atoms with Crippen LogP contribution in [-0.2, 0) is 13.6 Å². The summed E-state index contributed by atoms with van der Waals surface area (Å²) in [6.07, 6.45) is 0. The Labute approximate surface area is 152 Å². The lowest BCUT2D eigenvalue weighted by Crippen LogP contribution is -2.15. The second kappa shape index (κ2) is 8.82. The number of nitrogens with one attached hydrogen (secondary N) is 1. The normalized spacial score (nSPS) is 12.8. The van der Waals surface area contributed by atoms with Crippen LogP contribution in [0.2, 0.25) is 0 Å². The lowest BCUT2D eigenvalue weighted by atomic mass is 10.2. The molecule has 0 heterocycles. The van der Waals surface area contributed by atoms with Crippen molar-refractivity contribution in [3.05, 3.63) is 64.1 Å². The first kappa shape index (κ1) is 19.2. The van der Waals surface area contributed by atoms with Gasteiger partial charge in [0.2, 0.25) is 0 Å². The zero-order chi connectivity index (χ0) is 17.6. The molecule has 130 valence electrons. The van der Waals surface area contributed by atoms with E-state index in [4.69, 9.17) is 9.05 Å². The van der Waals surface area contributed by atoms with Gasteiger partial charge < -0.3 is 14.4 Å². The molecule has 1 atom stereocenters. The number of rotatable bonds is 8. The molecule has 1 unspecified atom stereocenters. The summed E-state index contributed by atoms with van der Waals surface area (Å²) in [5.74, 6) is -0.586. The molecule has 24 heavy (non-hydrogen) atoms. The minimum atomic E-state index is -3.38. The van der Waals surface area contributed by atoms with Gasteiger partial charge in [-0.1, -0.05) is 36.4 Å². The Morgan fingerprint density at radius 2 is 1.71 bits per heavy atom. The van der Waals surface area contributed by atoms with Gasteiger partial charge in [-0.3, -0.25) is 4.57 Å². The van der Waals surface area contributed by atoms with Gasteiger partial charge in [0.15, 0.2) is 5.78 Å². The molecule has 0 spiro atoms. The number of halogens is 1. The molecule has 0 radical (unpaired) electrons. The van der Waals surface area contributed by atoms with Gasteiger partial charge in [0.1, 0.15) is 0 Å². The number of benzene rings is 2.